The molecule has 2 rings (SSSR count). The van der Waals surface area contributed by atoms with Crippen molar-refractivity contribution < 1.29 is 13.9 Å². The van der Waals surface area contributed by atoms with Crippen LogP contribution in [0.1, 0.15) is 24.4 Å². The Balaban J connectivity index is 0.00000128. The Kier molecular flexibility index (Phi) is 4.10. The zero-order valence-corrected chi connectivity index (χ0v) is 9.44. The van der Waals surface area contributed by atoms with E-state index in [1.807, 2.05) is 0 Å². The molecule has 90 valence electrons. The number of halogens is 3. The maximum atomic E-state index is 13.5. The van der Waals surface area contributed by atoms with E-state index in [1.54, 1.807) is 12.1 Å². The topological polar surface area (TPSA) is 32.3 Å². The minimum Gasteiger partial charge on any atom is -0.508 e. The van der Waals surface area contributed by atoms with Crippen molar-refractivity contribution in [2.75, 3.05) is 6.54 Å². The van der Waals surface area contributed by atoms with Crippen LogP contribution in [-0.2, 0) is 0 Å². The molecule has 0 aliphatic carbocycles. The van der Waals surface area contributed by atoms with Gasteiger partial charge in [0, 0.05) is 6.42 Å². The van der Waals surface area contributed by atoms with Crippen LogP contribution < -0.4 is 5.32 Å². The maximum Gasteiger partial charge on any atom is 0.267 e. The highest BCUT2D eigenvalue weighted by atomic mass is 35.5. The Morgan fingerprint density at radius 1 is 1.38 bits per heavy atom. The Morgan fingerprint density at radius 3 is 2.75 bits per heavy atom. The first-order valence-corrected chi connectivity index (χ1v) is 5.00. The van der Waals surface area contributed by atoms with Gasteiger partial charge in [-0.25, -0.2) is 8.78 Å². The zero-order valence-electron chi connectivity index (χ0n) is 8.62. The van der Waals surface area contributed by atoms with Crippen LogP contribution >= 0.6 is 12.4 Å². The molecule has 1 aliphatic heterocycles. The first-order chi connectivity index (χ1) is 7.09. The van der Waals surface area contributed by atoms with Gasteiger partial charge in [-0.05, 0) is 30.7 Å². The second-order valence-electron chi connectivity index (χ2n) is 3.85. The van der Waals surface area contributed by atoms with E-state index < -0.39 is 12.0 Å². The fourth-order valence-corrected chi connectivity index (χ4v) is 1.93. The van der Waals surface area contributed by atoms with Crippen LogP contribution in [-0.4, -0.2) is 17.6 Å². The highest BCUT2D eigenvalue weighted by Crippen LogP contribution is 2.38. The van der Waals surface area contributed by atoms with Crippen LogP contribution in [0.4, 0.5) is 8.78 Å². The number of aromatic hydroxyl groups is 1. The lowest BCUT2D eigenvalue weighted by atomic mass is 9.93. The summed E-state index contributed by atoms with van der Waals surface area (Å²) in [6.07, 6.45) is 0.392. The number of phenolic OH excluding ortho intramolecular Hbond substituents is 1. The molecule has 0 bridgehead atoms. The van der Waals surface area contributed by atoms with Crippen molar-refractivity contribution in [3.63, 3.8) is 0 Å². The molecule has 0 radical (unpaired) electrons. The van der Waals surface area contributed by atoms with Crippen molar-refractivity contribution in [2.24, 2.45) is 0 Å². The second-order valence-corrected chi connectivity index (χ2v) is 3.85. The molecule has 1 aromatic carbocycles. The Bertz CT molecular complexity index is 360. The summed E-state index contributed by atoms with van der Waals surface area (Å²) in [5, 5.41) is 12.0. The van der Waals surface area contributed by atoms with E-state index in [2.05, 4.69) is 5.32 Å². The Hall–Kier alpha value is -0.870. The van der Waals surface area contributed by atoms with Gasteiger partial charge in [-0.3, -0.25) is 0 Å². The van der Waals surface area contributed by atoms with Gasteiger partial charge in [0.1, 0.15) is 5.75 Å². The molecule has 1 saturated heterocycles. The fraction of sp³-hybridized carbons (Fsp3) is 0.455. The Labute approximate surface area is 99.1 Å². The lowest BCUT2D eigenvalue weighted by molar-refractivity contribution is -0.0620. The molecular weight excluding hydrogens is 236 g/mol. The van der Waals surface area contributed by atoms with Gasteiger partial charge in [0.2, 0.25) is 0 Å². The van der Waals surface area contributed by atoms with E-state index >= 15 is 0 Å². The summed E-state index contributed by atoms with van der Waals surface area (Å²) in [5.41, 5.74) is 0.444. The maximum absolute atomic E-state index is 13.5. The summed E-state index contributed by atoms with van der Waals surface area (Å²) in [6.45, 7) is 0.593. The standard InChI is InChI=1S/C11H13F2NO.ClH/c12-11(13)5-2-6-14-10(11)8-3-1-4-9(15)7-8;/h1,3-4,7,10,14-15H,2,5-6H2;1H. The predicted octanol–water partition coefficient (Wildman–Crippen LogP) is 2.87. The molecule has 0 saturated carbocycles. The van der Waals surface area contributed by atoms with Crippen molar-refractivity contribution in [3.05, 3.63) is 29.8 Å². The van der Waals surface area contributed by atoms with Crippen LogP contribution in [0.2, 0.25) is 0 Å². The smallest absolute Gasteiger partial charge is 0.267 e. The SMILES string of the molecule is Cl.Oc1cccc(C2NCCCC2(F)F)c1. The third-order valence-corrected chi connectivity index (χ3v) is 2.66. The highest BCUT2D eigenvalue weighted by Gasteiger charge is 2.42. The van der Waals surface area contributed by atoms with Gasteiger partial charge in [0.05, 0.1) is 6.04 Å². The van der Waals surface area contributed by atoms with Crippen LogP contribution in [0.3, 0.4) is 0 Å². The van der Waals surface area contributed by atoms with Crippen molar-refractivity contribution in [3.8, 4) is 5.75 Å². The normalized spacial score (nSPS) is 23.5. The summed E-state index contributed by atoms with van der Waals surface area (Å²) >= 11 is 0. The number of hydrogen-bond acceptors (Lipinski definition) is 2. The first kappa shape index (κ1) is 13.2. The van der Waals surface area contributed by atoms with Crippen LogP contribution in [0, 0.1) is 0 Å². The number of alkyl halides is 2. The predicted molar refractivity (Wildman–Crippen MR) is 60.3 cm³/mol. The molecule has 2 N–H and O–H groups in total. The summed E-state index contributed by atoms with van der Waals surface area (Å²) < 4.78 is 27.1. The number of nitrogens with one attached hydrogen (secondary N) is 1. The number of phenols is 1. The third-order valence-electron chi connectivity index (χ3n) is 2.66. The van der Waals surface area contributed by atoms with Crippen molar-refractivity contribution in [2.45, 2.75) is 24.8 Å². The average molecular weight is 250 g/mol. The van der Waals surface area contributed by atoms with Gasteiger partial charge in [-0.2, -0.15) is 0 Å². The van der Waals surface area contributed by atoms with Crippen molar-refractivity contribution in [1.82, 2.24) is 5.32 Å². The molecule has 1 fully saturated rings. The fourth-order valence-electron chi connectivity index (χ4n) is 1.93. The molecule has 0 amide bonds. The number of benzene rings is 1. The Morgan fingerprint density at radius 2 is 2.12 bits per heavy atom. The van der Waals surface area contributed by atoms with Gasteiger partial charge in [0.25, 0.3) is 5.92 Å². The number of piperidine rings is 1. The van der Waals surface area contributed by atoms with Crippen LogP contribution in [0.25, 0.3) is 0 Å². The third kappa shape index (κ3) is 2.62. The molecule has 0 aromatic heterocycles. The number of hydrogen-bond donors (Lipinski definition) is 2. The molecule has 1 aliphatic rings. The van der Waals surface area contributed by atoms with Crippen molar-refractivity contribution >= 4 is 12.4 Å². The molecule has 5 heteroatoms. The van der Waals surface area contributed by atoms with E-state index in [9.17, 15) is 13.9 Å². The monoisotopic (exact) mass is 249 g/mol. The average Bonchev–Trinajstić information content (AvgIpc) is 2.17. The van der Waals surface area contributed by atoms with Gasteiger partial charge in [-0.1, -0.05) is 12.1 Å². The van der Waals surface area contributed by atoms with E-state index in [0.717, 1.165) is 0 Å². The van der Waals surface area contributed by atoms with E-state index in [0.29, 0.717) is 18.5 Å². The molecule has 0 spiro atoms. The summed E-state index contributed by atoms with van der Waals surface area (Å²) in [6, 6.07) is 5.08. The molecule has 1 aromatic rings. The first-order valence-electron chi connectivity index (χ1n) is 5.00. The minimum absolute atomic E-state index is 0. The summed E-state index contributed by atoms with van der Waals surface area (Å²) in [7, 11) is 0. The quantitative estimate of drug-likeness (QED) is 0.802. The highest BCUT2D eigenvalue weighted by molar-refractivity contribution is 5.85. The number of rotatable bonds is 1. The van der Waals surface area contributed by atoms with E-state index in [4.69, 9.17) is 0 Å². The van der Waals surface area contributed by atoms with Crippen LogP contribution in [0.5, 0.6) is 5.75 Å². The van der Waals surface area contributed by atoms with Gasteiger partial charge in [-0.15, -0.1) is 12.4 Å². The van der Waals surface area contributed by atoms with Gasteiger partial charge in [0.15, 0.2) is 0 Å². The second kappa shape index (κ2) is 4.97. The van der Waals surface area contributed by atoms with Crippen molar-refractivity contribution in [1.29, 1.82) is 0 Å². The minimum atomic E-state index is -2.73. The largest absolute Gasteiger partial charge is 0.508 e. The lowest BCUT2D eigenvalue weighted by Crippen LogP contribution is -2.42. The van der Waals surface area contributed by atoms with Crippen LogP contribution in [0.15, 0.2) is 24.3 Å². The van der Waals surface area contributed by atoms with E-state index in [1.165, 1.54) is 12.1 Å². The summed E-state index contributed by atoms with van der Waals surface area (Å²) in [4.78, 5) is 0. The van der Waals surface area contributed by atoms with Gasteiger partial charge < -0.3 is 10.4 Å². The van der Waals surface area contributed by atoms with Gasteiger partial charge >= 0.3 is 0 Å². The zero-order chi connectivity index (χ0) is 10.9. The molecule has 1 unspecified atom stereocenters. The molecule has 1 atom stereocenters. The lowest BCUT2D eigenvalue weighted by Gasteiger charge is -2.32. The molecule has 16 heavy (non-hydrogen) atoms. The van der Waals surface area contributed by atoms with E-state index in [-0.39, 0.29) is 24.6 Å². The molecule has 1 heterocycles. The molecule has 2 nitrogen and oxygen atoms in total. The molecular formula is C11H14ClF2NO. The summed E-state index contributed by atoms with van der Waals surface area (Å²) in [5.74, 6) is -2.71.